The monoisotopic (exact) mass is 352 g/mol. The van der Waals surface area contributed by atoms with Crippen LogP contribution in [0.4, 0.5) is 15.8 Å². The molecule has 0 radical (unpaired) electrons. The standard InChI is InChI=1S/C15H14BrFN2O2/c1-9-7-12(4-6-15(9)19(20)21)18-10(2)13-5-3-11(17)8-14(13)16/h3-8,10,18H,1-2H3. The lowest BCUT2D eigenvalue weighted by molar-refractivity contribution is -0.385. The second kappa shape index (κ2) is 6.22. The number of rotatable bonds is 4. The Balaban J connectivity index is 2.21. The van der Waals surface area contributed by atoms with Crippen molar-refractivity contribution in [2.75, 3.05) is 5.32 Å². The summed E-state index contributed by atoms with van der Waals surface area (Å²) >= 11 is 3.34. The first-order chi connectivity index (χ1) is 9.88. The number of hydrogen-bond acceptors (Lipinski definition) is 3. The summed E-state index contributed by atoms with van der Waals surface area (Å²) < 4.78 is 13.8. The van der Waals surface area contributed by atoms with Crippen LogP contribution in [-0.2, 0) is 0 Å². The van der Waals surface area contributed by atoms with Gasteiger partial charge in [0.2, 0.25) is 0 Å². The van der Waals surface area contributed by atoms with E-state index in [0.717, 1.165) is 11.3 Å². The molecule has 0 saturated carbocycles. The molecule has 0 fully saturated rings. The lowest BCUT2D eigenvalue weighted by Gasteiger charge is -2.17. The van der Waals surface area contributed by atoms with E-state index in [9.17, 15) is 14.5 Å². The minimum atomic E-state index is -0.404. The van der Waals surface area contributed by atoms with E-state index in [1.807, 2.05) is 6.92 Å². The number of anilines is 1. The molecule has 0 spiro atoms. The molecule has 0 heterocycles. The third kappa shape index (κ3) is 3.58. The molecular weight excluding hydrogens is 339 g/mol. The third-order valence-corrected chi connectivity index (χ3v) is 3.89. The van der Waals surface area contributed by atoms with Gasteiger partial charge in [-0.1, -0.05) is 22.0 Å². The van der Waals surface area contributed by atoms with E-state index in [1.54, 1.807) is 25.1 Å². The van der Waals surface area contributed by atoms with E-state index in [2.05, 4.69) is 21.2 Å². The van der Waals surface area contributed by atoms with E-state index < -0.39 is 4.92 Å². The highest BCUT2D eigenvalue weighted by atomic mass is 79.9. The van der Waals surface area contributed by atoms with Gasteiger partial charge in [0.1, 0.15) is 5.82 Å². The van der Waals surface area contributed by atoms with Gasteiger partial charge < -0.3 is 5.32 Å². The average molecular weight is 353 g/mol. The molecule has 0 aliphatic carbocycles. The molecule has 2 rings (SSSR count). The summed E-state index contributed by atoms with van der Waals surface area (Å²) in [6, 6.07) is 9.32. The van der Waals surface area contributed by atoms with Crippen molar-refractivity contribution >= 4 is 27.3 Å². The molecule has 0 amide bonds. The number of benzene rings is 2. The Bertz CT molecular complexity index is 691. The number of nitrogens with one attached hydrogen (secondary N) is 1. The van der Waals surface area contributed by atoms with E-state index in [0.29, 0.717) is 10.0 Å². The first-order valence-corrected chi connectivity index (χ1v) is 7.14. The number of nitro benzene ring substituents is 1. The zero-order chi connectivity index (χ0) is 15.6. The molecule has 2 aromatic rings. The normalized spacial score (nSPS) is 12.0. The van der Waals surface area contributed by atoms with Crippen molar-refractivity contribution in [1.29, 1.82) is 0 Å². The van der Waals surface area contributed by atoms with Crippen LogP contribution in [0.1, 0.15) is 24.1 Å². The molecule has 0 saturated heterocycles. The topological polar surface area (TPSA) is 55.2 Å². The molecule has 0 aliphatic heterocycles. The summed E-state index contributed by atoms with van der Waals surface area (Å²) in [4.78, 5) is 10.4. The molecule has 0 aromatic heterocycles. The van der Waals surface area contributed by atoms with Gasteiger partial charge in [-0.2, -0.15) is 0 Å². The van der Waals surface area contributed by atoms with Crippen LogP contribution >= 0.6 is 15.9 Å². The highest BCUT2D eigenvalue weighted by Crippen LogP contribution is 2.28. The van der Waals surface area contributed by atoms with Gasteiger partial charge in [0.25, 0.3) is 5.69 Å². The summed E-state index contributed by atoms with van der Waals surface area (Å²) in [5.41, 5.74) is 2.38. The highest BCUT2D eigenvalue weighted by Gasteiger charge is 2.13. The summed E-state index contributed by atoms with van der Waals surface area (Å²) in [5, 5.41) is 14.0. The Morgan fingerprint density at radius 2 is 2.00 bits per heavy atom. The summed E-state index contributed by atoms with van der Waals surface area (Å²) in [5.74, 6) is -0.302. The second-order valence-electron chi connectivity index (χ2n) is 4.79. The van der Waals surface area contributed by atoms with Gasteiger partial charge in [-0.3, -0.25) is 10.1 Å². The summed E-state index contributed by atoms with van der Waals surface area (Å²) in [7, 11) is 0. The quantitative estimate of drug-likeness (QED) is 0.623. The molecule has 4 nitrogen and oxygen atoms in total. The molecule has 1 unspecified atom stereocenters. The molecule has 2 aromatic carbocycles. The van der Waals surface area contributed by atoms with Crippen molar-refractivity contribution < 1.29 is 9.31 Å². The number of hydrogen-bond donors (Lipinski definition) is 1. The van der Waals surface area contributed by atoms with Gasteiger partial charge in [-0.05, 0) is 43.7 Å². The predicted octanol–water partition coefficient (Wildman–Crippen LogP) is 4.98. The summed E-state index contributed by atoms with van der Waals surface area (Å²) in [6.45, 7) is 3.64. The third-order valence-electron chi connectivity index (χ3n) is 3.21. The second-order valence-corrected chi connectivity index (χ2v) is 5.64. The van der Waals surface area contributed by atoms with Gasteiger partial charge in [-0.15, -0.1) is 0 Å². The maximum Gasteiger partial charge on any atom is 0.272 e. The molecular formula is C15H14BrFN2O2. The Morgan fingerprint density at radius 3 is 2.57 bits per heavy atom. The number of nitrogens with zero attached hydrogens (tertiary/aromatic N) is 1. The van der Waals surface area contributed by atoms with Crippen LogP contribution in [0.2, 0.25) is 0 Å². The fourth-order valence-corrected chi connectivity index (χ4v) is 2.82. The van der Waals surface area contributed by atoms with Gasteiger partial charge >= 0.3 is 0 Å². The SMILES string of the molecule is Cc1cc(NC(C)c2ccc(F)cc2Br)ccc1[N+](=O)[O-]. The Morgan fingerprint density at radius 1 is 1.29 bits per heavy atom. The fraction of sp³-hybridized carbons (Fsp3) is 0.200. The number of aryl methyl sites for hydroxylation is 1. The lowest BCUT2D eigenvalue weighted by atomic mass is 10.1. The van der Waals surface area contributed by atoms with Crippen molar-refractivity contribution in [2.45, 2.75) is 19.9 Å². The predicted molar refractivity (Wildman–Crippen MR) is 84.0 cm³/mol. The molecule has 6 heteroatoms. The van der Waals surface area contributed by atoms with Crippen molar-refractivity contribution in [3.8, 4) is 0 Å². The van der Waals surface area contributed by atoms with E-state index in [-0.39, 0.29) is 17.5 Å². The van der Waals surface area contributed by atoms with Crippen LogP contribution < -0.4 is 5.32 Å². The molecule has 0 aliphatic rings. The van der Waals surface area contributed by atoms with Crippen LogP contribution in [-0.4, -0.2) is 4.92 Å². The first-order valence-electron chi connectivity index (χ1n) is 6.35. The van der Waals surface area contributed by atoms with E-state index in [1.165, 1.54) is 18.2 Å². The van der Waals surface area contributed by atoms with Gasteiger partial charge in [0.15, 0.2) is 0 Å². The van der Waals surface area contributed by atoms with Crippen LogP contribution in [0.25, 0.3) is 0 Å². The van der Waals surface area contributed by atoms with E-state index in [4.69, 9.17) is 0 Å². The number of halogens is 2. The van der Waals surface area contributed by atoms with Crippen molar-refractivity contribution in [3.05, 3.63) is 67.9 Å². The molecule has 110 valence electrons. The zero-order valence-electron chi connectivity index (χ0n) is 11.6. The van der Waals surface area contributed by atoms with Crippen molar-refractivity contribution in [3.63, 3.8) is 0 Å². The summed E-state index contributed by atoms with van der Waals surface area (Å²) in [6.07, 6.45) is 0. The molecule has 21 heavy (non-hydrogen) atoms. The van der Waals surface area contributed by atoms with Crippen LogP contribution in [0.15, 0.2) is 40.9 Å². The number of nitro groups is 1. The lowest BCUT2D eigenvalue weighted by Crippen LogP contribution is -2.08. The Kier molecular flexibility index (Phi) is 4.57. The Labute approximate surface area is 130 Å². The minimum Gasteiger partial charge on any atom is -0.378 e. The van der Waals surface area contributed by atoms with Crippen molar-refractivity contribution in [2.24, 2.45) is 0 Å². The zero-order valence-corrected chi connectivity index (χ0v) is 13.1. The molecule has 0 bridgehead atoms. The van der Waals surface area contributed by atoms with Crippen LogP contribution in [0.3, 0.4) is 0 Å². The molecule has 1 N–H and O–H groups in total. The maximum atomic E-state index is 13.1. The fourth-order valence-electron chi connectivity index (χ4n) is 2.13. The van der Waals surface area contributed by atoms with Gasteiger partial charge in [0.05, 0.1) is 4.92 Å². The van der Waals surface area contributed by atoms with E-state index >= 15 is 0 Å². The smallest absolute Gasteiger partial charge is 0.272 e. The maximum absolute atomic E-state index is 13.1. The Hall–Kier alpha value is -1.95. The van der Waals surface area contributed by atoms with Crippen molar-refractivity contribution in [1.82, 2.24) is 0 Å². The van der Waals surface area contributed by atoms with Crippen LogP contribution in [0, 0.1) is 22.9 Å². The average Bonchev–Trinajstić information content (AvgIpc) is 2.37. The minimum absolute atomic E-state index is 0.0687. The highest BCUT2D eigenvalue weighted by molar-refractivity contribution is 9.10. The largest absolute Gasteiger partial charge is 0.378 e. The van der Waals surface area contributed by atoms with Gasteiger partial charge in [0, 0.05) is 27.8 Å². The molecule has 1 atom stereocenters. The van der Waals surface area contributed by atoms with Gasteiger partial charge in [-0.25, -0.2) is 4.39 Å². The van der Waals surface area contributed by atoms with Crippen LogP contribution in [0.5, 0.6) is 0 Å². The first kappa shape index (κ1) is 15.4.